The van der Waals surface area contributed by atoms with Gasteiger partial charge >= 0.3 is 0 Å². The maximum absolute atomic E-state index is 13.1. The number of carbonyl (C=O) groups excluding carboxylic acids is 2. The van der Waals surface area contributed by atoms with Crippen LogP contribution in [0.3, 0.4) is 0 Å². The molecule has 0 radical (unpaired) electrons. The molecule has 0 aromatic heterocycles. The van der Waals surface area contributed by atoms with Gasteiger partial charge in [-0.2, -0.15) is 0 Å². The third kappa shape index (κ3) is 5.86. The van der Waals surface area contributed by atoms with Crippen LogP contribution in [0, 0.1) is 0 Å². The predicted octanol–water partition coefficient (Wildman–Crippen LogP) is 4.58. The Morgan fingerprint density at radius 1 is 0.471 bits per heavy atom. The maximum atomic E-state index is 13.1. The second-order valence-corrected chi connectivity index (χ2v) is 7.55. The van der Waals surface area contributed by atoms with Crippen LogP contribution in [0.15, 0.2) is 54.6 Å². The van der Waals surface area contributed by atoms with Gasteiger partial charge in [0.15, 0.2) is 0 Å². The smallest absolute Gasteiger partial charge is 0.233 e. The zero-order chi connectivity index (χ0) is 24.7. The Labute approximate surface area is 199 Å². The van der Waals surface area contributed by atoms with E-state index in [2.05, 4.69) is 0 Å². The monoisotopic (exact) mass is 464 g/mol. The van der Waals surface area contributed by atoms with Crippen LogP contribution in [0.4, 0.5) is 0 Å². The fourth-order valence-electron chi connectivity index (χ4n) is 3.55. The summed E-state index contributed by atoms with van der Waals surface area (Å²) in [7, 11) is 7.70. The molecule has 0 aliphatic rings. The minimum Gasteiger partial charge on any atom is -0.497 e. The van der Waals surface area contributed by atoms with Gasteiger partial charge in [-0.1, -0.05) is 0 Å². The van der Waals surface area contributed by atoms with Gasteiger partial charge in [-0.05, 0) is 66.4 Å². The van der Waals surface area contributed by atoms with E-state index < -0.39 is 11.6 Å². The molecule has 7 heteroatoms. The summed E-state index contributed by atoms with van der Waals surface area (Å²) in [4.78, 5) is 26.1. The van der Waals surface area contributed by atoms with Gasteiger partial charge in [0.1, 0.15) is 28.7 Å². The van der Waals surface area contributed by atoms with Crippen molar-refractivity contribution < 1.29 is 33.3 Å². The van der Waals surface area contributed by atoms with Crippen LogP contribution >= 0.6 is 0 Å². The lowest BCUT2D eigenvalue weighted by molar-refractivity contribution is 0.0816. The first-order valence-corrected chi connectivity index (χ1v) is 10.6. The quantitative estimate of drug-likeness (QED) is 0.304. The van der Waals surface area contributed by atoms with E-state index in [-0.39, 0.29) is 11.1 Å². The number of hydrogen-bond donors (Lipinski definition) is 0. The Bertz CT molecular complexity index is 1140. The molecule has 0 bridgehead atoms. The largest absolute Gasteiger partial charge is 0.497 e. The molecular formula is C27H28O7. The molecule has 34 heavy (non-hydrogen) atoms. The van der Waals surface area contributed by atoms with Crippen molar-refractivity contribution >= 4 is 11.6 Å². The van der Waals surface area contributed by atoms with Crippen molar-refractivity contribution in [2.45, 2.75) is 12.8 Å². The first-order chi connectivity index (χ1) is 16.4. The van der Waals surface area contributed by atoms with Crippen LogP contribution < -0.4 is 23.7 Å². The van der Waals surface area contributed by atoms with Crippen LogP contribution in [0.25, 0.3) is 0 Å². The lowest BCUT2D eigenvalue weighted by Gasteiger charge is -2.11. The molecule has 3 rings (SSSR count). The summed E-state index contributed by atoms with van der Waals surface area (Å²) in [5, 5.41) is 0. The SMILES string of the molecule is COc1cc(CCc2cc(OC)cc(C(=O)C(=O)c3cc(OC)cc(OC)c3)c2)cc(OC)c1. The van der Waals surface area contributed by atoms with Gasteiger partial charge < -0.3 is 23.7 Å². The third-order valence-corrected chi connectivity index (χ3v) is 5.40. The molecule has 0 N–H and O–H groups in total. The van der Waals surface area contributed by atoms with Crippen molar-refractivity contribution in [1.29, 1.82) is 0 Å². The number of ketones is 2. The highest BCUT2D eigenvalue weighted by Gasteiger charge is 2.21. The Balaban J connectivity index is 1.86. The van der Waals surface area contributed by atoms with Gasteiger partial charge in [0, 0.05) is 23.3 Å². The second kappa shape index (κ2) is 11.2. The lowest BCUT2D eigenvalue weighted by atomic mass is 9.97. The van der Waals surface area contributed by atoms with E-state index in [1.54, 1.807) is 32.4 Å². The molecule has 178 valence electrons. The average molecular weight is 465 g/mol. The number of methoxy groups -OCH3 is 5. The van der Waals surface area contributed by atoms with Crippen LogP contribution in [0.1, 0.15) is 31.8 Å². The van der Waals surface area contributed by atoms with Crippen molar-refractivity contribution in [3.63, 3.8) is 0 Å². The predicted molar refractivity (Wildman–Crippen MR) is 128 cm³/mol. The van der Waals surface area contributed by atoms with Crippen molar-refractivity contribution in [3.8, 4) is 28.7 Å². The summed E-state index contributed by atoms with van der Waals surface area (Å²) in [6.07, 6.45) is 1.30. The van der Waals surface area contributed by atoms with Gasteiger partial charge in [-0.3, -0.25) is 9.59 Å². The van der Waals surface area contributed by atoms with E-state index in [0.717, 1.165) is 11.1 Å². The molecule has 0 unspecified atom stereocenters. The molecule has 0 amide bonds. The summed E-state index contributed by atoms with van der Waals surface area (Å²) < 4.78 is 26.5. The molecule has 3 aromatic rings. The van der Waals surface area contributed by atoms with E-state index in [4.69, 9.17) is 23.7 Å². The molecule has 0 saturated carbocycles. The van der Waals surface area contributed by atoms with E-state index in [1.165, 1.54) is 33.5 Å². The number of hydrogen-bond acceptors (Lipinski definition) is 7. The van der Waals surface area contributed by atoms with Crippen molar-refractivity contribution in [3.05, 3.63) is 76.9 Å². The molecule has 7 nitrogen and oxygen atoms in total. The fourth-order valence-corrected chi connectivity index (χ4v) is 3.55. The molecule has 0 aliphatic carbocycles. The first-order valence-electron chi connectivity index (χ1n) is 10.6. The Morgan fingerprint density at radius 2 is 0.765 bits per heavy atom. The van der Waals surface area contributed by atoms with E-state index in [1.807, 2.05) is 24.3 Å². The number of Topliss-reactive ketones (excluding diaryl/α,β-unsaturated/α-hetero) is 2. The third-order valence-electron chi connectivity index (χ3n) is 5.40. The Hall–Kier alpha value is -4.00. The number of ether oxygens (including phenoxy) is 5. The number of aryl methyl sites for hydroxylation is 2. The molecule has 0 saturated heterocycles. The van der Waals surface area contributed by atoms with Gasteiger partial charge in [0.05, 0.1) is 35.5 Å². The van der Waals surface area contributed by atoms with E-state index in [9.17, 15) is 9.59 Å². The van der Waals surface area contributed by atoms with Crippen LogP contribution in [0.5, 0.6) is 28.7 Å². The molecular weight excluding hydrogens is 436 g/mol. The second-order valence-electron chi connectivity index (χ2n) is 7.55. The molecule has 0 heterocycles. The molecule has 0 atom stereocenters. The summed E-state index contributed by atoms with van der Waals surface area (Å²) in [6, 6.07) is 15.5. The van der Waals surface area contributed by atoms with E-state index >= 15 is 0 Å². The van der Waals surface area contributed by atoms with Gasteiger partial charge in [-0.25, -0.2) is 0 Å². The maximum Gasteiger partial charge on any atom is 0.233 e. The van der Waals surface area contributed by atoms with Gasteiger partial charge in [0.25, 0.3) is 0 Å². The Kier molecular flexibility index (Phi) is 8.14. The van der Waals surface area contributed by atoms with Crippen molar-refractivity contribution in [2.75, 3.05) is 35.5 Å². The highest BCUT2D eigenvalue weighted by Crippen LogP contribution is 2.26. The summed E-state index contributed by atoms with van der Waals surface area (Å²) in [5.74, 6) is 1.46. The highest BCUT2D eigenvalue weighted by molar-refractivity contribution is 6.49. The fraction of sp³-hybridized carbons (Fsp3) is 0.259. The minimum atomic E-state index is -0.658. The van der Waals surface area contributed by atoms with Crippen LogP contribution in [-0.2, 0) is 12.8 Å². The molecule has 0 spiro atoms. The van der Waals surface area contributed by atoms with E-state index in [0.29, 0.717) is 41.6 Å². The summed E-state index contributed by atoms with van der Waals surface area (Å²) >= 11 is 0. The van der Waals surface area contributed by atoms with Crippen LogP contribution in [-0.4, -0.2) is 47.1 Å². The molecule has 0 aliphatic heterocycles. The normalized spacial score (nSPS) is 10.4. The van der Waals surface area contributed by atoms with Crippen molar-refractivity contribution in [2.24, 2.45) is 0 Å². The zero-order valence-corrected chi connectivity index (χ0v) is 20.0. The molecule has 0 fully saturated rings. The zero-order valence-electron chi connectivity index (χ0n) is 20.0. The lowest BCUT2D eigenvalue weighted by Crippen LogP contribution is -2.15. The van der Waals surface area contributed by atoms with Crippen LogP contribution in [0.2, 0.25) is 0 Å². The average Bonchev–Trinajstić information content (AvgIpc) is 2.89. The number of benzene rings is 3. The van der Waals surface area contributed by atoms with Gasteiger partial charge in [-0.15, -0.1) is 0 Å². The van der Waals surface area contributed by atoms with Gasteiger partial charge in [0.2, 0.25) is 11.6 Å². The number of rotatable bonds is 11. The summed E-state index contributed by atoms with van der Waals surface area (Å²) in [6.45, 7) is 0. The summed E-state index contributed by atoms with van der Waals surface area (Å²) in [5.41, 5.74) is 2.32. The first kappa shape index (κ1) is 24.6. The standard InChI is InChI=1S/C27H28O7/c1-30-21-9-17(6-7-18-10-22(31-2)15-23(11-18)32-3)8-19(12-21)26(28)27(29)20-13-24(33-4)16-25(14-20)34-5/h8-16H,6-7H2,1-5H3. The highest BCUT2D eigenvalue weighted by atomic mass is 16.5. The Morgan fingerprint density at radius 3 is 1.15 bits per heavy atom. The number of carbonyl (C=O) groups is 2. The topological polar surface area (TPSA) is 80.3 Å². The van der Waals surface area contributed by atoms with Crippen molar-refractivity contribution in [1.82, 2.24) is 0 Å². The molecule has 3 aromatic carbocycles. The minimum absolute atomic E-state index is 0.189.